The number of nitrogens with zero attached hydrogens (tertiary/aromatic N) is 2. The predicted octanol–water partition coefficient (Wildman–Crippen LogP) is 2.61. The summed E-state index contributed by atoms with van der Waals surface area (Å²) in [5, 5.41) is 2.90. The predicted molar refractivity (Wildman–Crippen MR) is 101 cm³/mol. The number of anilines is 1. The number of nitrogens with one attached hydrogen (secondary N) is 1. The fraction of sp³-hybridized carbons (Fsp3) is 0.286. The van der Waals surface area contributed by atoms with Gasteiger partial charge >= 0.3 is 0 Å². The van der Waals surface area contributed by atoms with Crippen molar-refractivity contribution in [3.05, 3.63) is 65.5 Å². The Morgan fingerprint density at radius 3 is 2.54 bits per heavy atom. The highest BCUT2D eigenvalue weighted by molar-refractivity contribution is 6.16. The first-order chi connectivity index (χ1) is 13.4. The molecule has 0 unspecified atom stereocenters. The first kappa shape index (κ1) is 18.2. The lowest BCUT2D eigenvalue weighted by Gasteiger charge is -2.47. The summed E-state index contributed by atoms with van der Waals surface area (Å²) in [7, 11) is 1.55. The normalized spacial score (nSPS) is 22.0. The zero-order valence-electron chi connectivity index (χ0n) is 15.6. The van der Waals surface area contributed by atoms with Crippen LogP contribution in [-0.2, 0) is 9.59 Å². The van der Waals surface area contributed by atoms with Crippen molar-refractivity contribution >= 4 is 23.4 Å². The van der Waals surface area contributed by atoms with Crippen LogP contribution < -0.4 is 10.2 Å². The highest BCUT2D eigenvalue weighted by atomic mass is 19.1. The second kappa shape index (κ2) is 6.44. The molecule has 1 fully saturated rings. The van der Waals surface area contributed by atoms with Crippen LogP contribution in [0.2, 0.25) is 0 Å². The van der Waals surface area contributed by atoms with Crippen LogP contribution in [-0.4, -0.2) is 35.3 Å². The number of rotatable bonds is 3. The minimum atomic E-state index is -1.41. The fourth-order valence-electron chi connectivity index (χ4n) is 4.08. The average Bonchev–Trinajstić information content (AvgIpc) is 3.05. The van der Waals surface area contributed by atoms with Gasteiger partial charge in [-0.05, 0) is 36.8 Å². The third kappa shape index (κ3) is 2.50. The lowest BCUT2D eigenvalue weighted by molar-refractivity contribution is -0.133. The van der Waals surface area contributed by atoms with Gasteiger partial charge in [0.25, 0.3) is 11.8 Å². The maximum Gasteiger partial charge on any atom is 0.267 e. The Kier molecular flexibility index (Phi) is 4.18. The van der Waals surface area contributed by atoms with E-state index >= 15 is 0 Å². The summed E-state index contributed by atoms with van der Waals surface area (Å²) in [5.74, 6) is -1.29. The van der Waals surface area contributed by atoms with Crippen molar-refractivity contribution in [1.29, 1.82) is 0 Å². The first-order valence-corrected chi connectivity index (χ1v) is 9.13. The van der Waals surface area contributed by atoms with Crippen LogP contribution in [0.15, 0.2) is 48.5 Å². The van der Waals surface area contributed by atoms with Crippen molar-refractivity contribution < 1.29 is 18.8 Å². The summed E-state index contributed by atoms with van der Waals surface area (Å²) in [6.07, 6.45) is 0.384. The smallest absolute Gasteiger partial charge is 0.267 e. The molecule has 144 valence electrons. The lowest BCUT2D eigenvalue weighted by Crippen LogP contribution is -2.69. The molecule has 0 spiro atoms. The minimum absolute atomic E-state index is 0.171. The number of hydrogen-bond donors (Lipinski definition) is 1. The van der Waals surface area contributed by atoms with E-state index in [4.69, 9.17) is 0 Å². The van der Waals surface area contributed by atoms with Crippen molar-refractivity contribution in [3.63, 3.8) is 0 Å². The van der Waals surface area contributed by atoms with Gasteiger partial charge in [0.2, 0.25) is 11.6 Å². The number of amides is 3. The van der Waals surface area contributed by atoms with E-state index < -0.39 is 17.6 Å². The summed E-state index contributed by atoms with van der Waals surface area (Å²) in [4.78, 5) is 41.8. The Morgan fingerprint density at radius 1 is 1.14 bits per heavy atom. The zero-order chi connectivity index (χ0) is 20.1. The molecule has 0 aromatic heterocycles. The number of halogens is 1. The molecule has 0 aliphatic carbocycles. The van der Waals surface area contributed by atoms with Gasteiger partial charge in [-0.25, -0.2) is 4.39 Å². The second-order valence-electron chi connectivity index (χ2n) is 7.17. The van der Waals surface area contributed by atoms with Crippen molar-refractivity contribution in [2.45, 2.75) is 31.5 Å². The zero-order valence-corrected chi connectivity index (χ0v) is 15.6. The Labute approximate surface area is 161 Å². The van der Waals surface area contributed by atoms with Gasteiger partial charge in [0.1, 0.15) is 5.82 Å². The fourth-order valence-corrected chi connectivity index (χ4v) is 4.08. The standard InChI is InChI=1S/C21H20FN3O3/c1-13(14-7-9-15(22)10-8-14)23-20(28)21-12-11-18(26)25(21)17-6-4-3-5-16(17)19(27)24(21)2/h3-10,13H,11-12H2,1-2H3,(H,23,28)/t13-,21-/m1/s1. The van der Waals surface area contributed by atoms with E-state index in [1.54, 1.807) is 50.4 Å². The van der Waals surface area contributed by atoms with Gasteiger partial charge in [-0.15, -0.1) is 0 Å². The summed E-state index contributed by atoms with van der Waals surface area (Å²) < 4.78 is 13.2. The summed E-state index contributed by atoms with van der Waals surface area (Å²) in [5.41, 5.74) is 0.178. The molecule has 4 rings (SSSR count). The van der Waals surface area contributed by atoms with Crippen LogP contribution >= 0.6 is 0 Å². The third-order valence-electron chi connectivity index (χ3n) is 5.62. The molecule has 7 heteroatoms. The number of hydrogen-bond acceptors (Lipinski definition) is 3. The topological polar surface area (TPSA) is 69.7 Å². The molecule has 1 N–H and O–H groups in total. The molecule has 2 atom stereocenters. The highest BCUT2D eigenvalue weighted by Gasteiger charge is 2.59. The molecular formula is C21H20FN3O3. The van der Waals surface area contributed by atoms with Gasteiger partial charge in [0, 0.05) is 19.9 Å². The molecule has 6 nitrogen and oxygen atoms in total. The van der Waals surface area contributed by atoms with Gasteiger partial charge in [-0.1, -0.05) is 24.3 Å². The molecule has 28 heavy (non-hydrogen) atoms. The summed E-state index contributed by atoms with van der Waals surface area (Å²) >= 11 is 0. The van der Waals surface area contributed by atoms with Crippen LogP contribution in [0.3, 0.4) is 0 Å². The number of benzene rings is 2. The van der Waals surface area contributed by atoms with E-state index in [1.807, 2.05) is 0 Å². The number of carbonyl (C=O) groups is 3. The summed E-state index contributed by atoms with van der Waals surface area (Å²) in [6, 6.07) is 12.3. The molecule has 2 heterocycles. The van der Waals surface area contributed by atoms with Crippen LogP contribution in [0.1, 0.15) is 41.7 Å². The van der Waals surface area contributed by atoms with Crippen molar-refractivity contribution in [1.82, 2.24) is 10.2 Å². The van der Waals surface area contributed by atoms with Gasteiger partial charge in [0.05, 0.1) is 17.3 Å². The molecule has 0 radical (unpaired) electrons. The molecule has 2 aliphatic heterocycles. The molecule has 2 aromatic carbocycles. The van der Waals surface area contributed by atoms with Crippen LogP contribution in [0.5, 0.6) is 0 Å². The Bertz CT molecular complexity index is 975. The van der Waals surface area contributed by atoms with E-state index in [9.17, 15) is 18.8 Å². The number of para-hydroxylation sites is 1. The Hall–Kier alpha value is -3.22. The van der Waals surface area contributed by atoms with E-state index in [2.05, 4.69) is 5.32 Å². The van der Waals surface area contributed by atoms with Crippen molar-refractivity contribution in [2.75, 3.05) is 11.9 Å². The van der Waals surface area contributed by atoms with E-state index in [0.717, 1.165) is 5.56 Å². The lowest BCUT2D eigenvalue weighted by atomic mass is 9.95. The molecule has 2 aromatic rings. The van der Waals surface area contributed by atoms with Crippen molar-refractivity contribution in [2.24, 2.45) is 0 Å². The molecule has 3 amide bonds. The SMILES string of the molecule is C[C@@H](NC(=O)[C@@]12CCC(=O)N1c1ccccc1C(=O)N2C)c1ccc(F)cc1. The number of likely N-dealkylation sites (N-methyl/N-ethyl adjacent to an activating group) is 1. The molecular weight excluding hydrogens is 361 g/mol. The first-order valence-electron chi connectivity index (χ1n) is 9.13. The van der Waals surface area contributed by atoms with Crippen LogP contribution in [0.25, 0.3) is 0 Å². The molecule has 0 bridgehead atoms. The van der Waals surface area contributed by atoms with Gasteiger partial charge in [-0.2, -0.15) is 0 Å². The molecule has 1 saturated heterocycles. The second-order valence-corrected chi connectivity index (χ2v) is 7.17. The maximum absolute atomic E-state index is 13.4. The van der Waals surface area contributed by atoms with Gasteiger partial charge in [-0.3, -0.25) is 19.3 Å². The largest absolute Gasteiger partial charge is 0.346 e. The van der Waals surface area contributed by atoms with Crippen molar-refractivity contribution in [3.8, 4) is 0 Å². The van der Waals surface area contributed by atoms with Crippen LogP contribution in [0, 0.1) is 5.82 Å². The Balaban J connectivity index is 1.72. The van der Waals surface area contributed by atoms with Crippen LogP contribution in [0.4, 0.5) is 10.1 Å². The monoisotopic (exact) mass is 381 g/mol. The van der Waals surface area contributed by atoms with Gasteiger partial charge < -0.3 is 10.2 Å². The molecule has 0 saturated carbocycles. The number of fused-ring (bicyclic) bond motifs is 3. The van der Waals surface area contributed by atoms with Gasteiger partial charge in [0.15, 0.2) is 0 Å². The van der Waals surface area contributed by atoms with E-state index in [-0.39, 0.29) is 30.5 Å². The quantitative estimate of drug-likeness (QED) is 0.889. The third-order valence-corrected chi connectivity index (χ3v) is 5.62. The van der Waals surface area contributed by atoms with E-state index in [1.165, 1.54) is 21.9 Å². The average molecular weight is 381 g/mol. The minimum Gasteiger partial charge on any atom is -0.346 e. The molecule has 2 aliphatic rings. The maximum atomic E-state index is 13.4. The highest BCUT2D eigenvalue weighted by Crippen LogP contribution is 2.44. The number of carbonyl (C=O) groups excluding carboxylic acids is 3. The Morgan fingerprint density at radius 2 is 1.82 bits per heavy atom. The summed E-state index contributed by atoms with van der Waals surface area (Å²) in [6.45, 7) is 1.78. The van der Waals surface area contributed by atoms with E-state index in [0.29, 0.717) is 11.3 Å².